The van der Waals surface area contributed by atoms with Crippen molar-refractivity contribution in [2.45, 2.75) is 58.2 Å². The maximum Gasteiger partial charge on any atom is 0.243 e. The van der Waals surface area contributed by atoms with Gasteiger partial charge in [0.25, 0.3) is 0 Å². The summed E-state index contributed by atoms with van der Waals surface area (Å²) in [4.78, 5) is 39.8. The highest BCUT2D eigenvalue weighted by atomic mass is 16.2. The van der Waals surface area contributed by atoms with Crippen LogP contribution in [0.2, 0.25) is 0 Å². The Balaban J connectivity index is 1.63. The molecule has 2 aliphatic heterocycles. The fraction of sp³-hybridized carbons (Fsp3) is 0.550. The number of carbonyl (C=O) groups is 3. The highest BCUT2D eigenvalue weighted by molar-refractivity contribution is 5.87. The monoisotopic (exact) mass is 357 g/mol. The summed E-state index contributed by atoms with van der Waals surface area (Å²) in [6, 6.07) is 7.53. The quantitative estimate of drug-likeness (QED) is 0.874. The number of amides is 3. The number of carbonyl (C=O) groups excluding carboxylic acids is 3. The standard InChI is InChI=1S/C20H27N3O3/c1-15(24)23-12-5-4-9-18(23)20(26)21-13-16-7-2-3-8-17(16)14-22-11-6-10-19(22)25/h2-3,7-8,18H,4-6,9-14H2,1H3,(H,21,26)/t18-/m1/s1. The summed E-state index contributed by atoms with van der Waals surface area (Å²) >= 11 is 0. The molecule has 2 saturated heterocycles. The third-order valence-electron chi connectivity index (χ3n) is 5.31. The Morgan fingerprint density at radius 2 is 1.88 bits per heavy atom. The molecule has 3 rings (SSSR count). The third-order valence-corrected chi connectivity index (χ3v) is 5.31. The predicted molar refractivity (Wildman–Crippen MR) is 98.0 cm³/mol. The molecular weight excluding hydrogens is 330 g/mol. The average Bonchev–Trinajstić information content (AvgIpc) is 3.05. The first-order chi connectivity index (χ1) is 12.6. The lowest BCUT2D eigenvalue weighted by molar-refractivity contribution is -0.140. The van der Waals surface area contributed by atoms with Crippen LogP contribution in [0.1, 0.15) is 50.2 Å². The van der Waals surface area contributed by atoms with Crippen molar-refractivity contribution in [3.05, 3.63) is 35.4 Å². The molecule has 2 fully saturated rings. The Labute approximate surface area is 154 Å². The minimum atomic E-state index is -0.367. The SMILES string of the molecule is CC(=O)N1CCCC[C@@H]1C(=O)NCc1ccccc1CN1CCCC1=O. The van der Waals surface area contributed by atoms with Crippen molar-refractivity contribution < 1.29 is 14.4 Å². The summed E-state index contributed by atoms with van der Waals surface area (Å²) in [5.74, 6) is 0.0629. The van der Waals surface area contributed by atoms with Gasteiger partial charge in [-0.1, -0.05) is 24.3 Å². The van der Waals surface area contributed by atoms with Gasteiger partial charge in [0.15, 0.2) is 0 Å². The zero-order chi connectivity index (χ0) is 18.5. The van der Waals surface area contributed by atoms with Crippen LogP contribution in [0.25, 0.3) is 0 Å². The molecule has 140 valence electrons. The number of hydrogen-bond acceptors (Lipinski definition) is 3. The summed E-state index contributed by atoms with van der Waals surface area (Å²) in [7, 11) is 0. The van der Waals surface area contributed by atoms with Crippen molar-refractivity contribution in [3.8, 4) is 0 Å². The summed E-state index contributed by atoms with van der Waals surface area (Å²) in [6.07, 6.45) is 4.18. The normalized spacial score (nSPS) is 20.3. The largest absolute Gasteiger partial charge is 0.350 e. The van der Waals surface area contributed by atoms with E-state index in [4.69, 9.17) is 0 Å². The minimum absolute atomic E-state index is 0.0437. The molecule has 2 heterocycles. The zero-order valence-electron chi connectivity index (χ0n) is 15.4. The molecule has 0 aromatic heterocycles. The molecule has 2 aliphatic rings. The molecule has 6 heteroatoms. The second kappa shape index (κ2) is 8.34. The smallest absolute Gasteiger partial charge is 0.243 e. The number of likely N-dealkylation sites (tertiary alicyclic amines) is 2. The second-order valence-electron chi connectivity index (χ2n) is 7.13. The van der Waals surface area contributed by atoms with Crippen LogP contribution < -0.4 is 5.32 Å². The van der Waals surface area contributed by atoms with Crippen molar-refractivity contribution in [1.82, 2.24) is 15.1 Å². The summed E-state index contributed by atoms with van der Waals surface area (Å²) in [5.41, 5.74) is 2.08. The van der Waals surface area contributed by atoms with Gasteiger partial charge in [0.2, 0.25) is 17.7 Å². The highest BCUT2D eigenvalue weighted by Gasteiger charge is 2.30. The first-order valence-corrected chi connectivity index (χ1v) is 9.45. The lowest BCUT2D eigenvalue weighted by atomic mass is 10.0. The van der Waals surface area contributed by atoms with E-state index in [1.165, 1.54) is 6.92 Å². The van der Waals surface area contributed by atoms with Crippen LogP contribution in [-0.2, 0) is 27.5 Å². The molecule has 0 radical (unpaired) electrons. The third kappa shape index (κ3) is 4.23. The van der Waals surface area contributed by atoms with Gasteiger partial charge in [-0.25, -0.2) is 0 Å². The Morgan fingerprint density at radius 1 is 1.12 bits per heavy atom. The molecule has 0 saturated carbocycles. The molecule has 1 atom stereocenters. The number of benzene rings is 1. The molecule has 0 unspecified atom stereocenters. The van der Waals surface area contributed by atoms with E-state index < -0.39 is 0 Å². The van der Waals surface area contributed by atoms with Crippen LogP contribution in [0.3, 0.4) is 0 Å². The fourth-order valence-corrected chi connectivity index (χ4v) is 3.84. The fourth-order valence-electron chi connectivity index (χ4n) is 3.84. The second-order valence-corrected chi connectivity index (χ2v) is 7.13. The predicted octanol–water partition coefficient (Wildman–Crippen LogP) is 1.83. The molecule has 26 heavy (non-hydrogen) atoms. The van der Waals surface area contributed by atoms with Crippen LogP contribution in [0.4, 0.5) is 0 Å². The molecule has 0 spiro atoms. The zero-order valence-corrected chi connectivity index (χ0v) is 15.4. The van der Waals surface area contributed by atoms with E-state index in [0.29, 0.717) is 26.1 Å². The molecule has 1 aromatic rings. The van der Waals surface area contributed by atoms with Gasteiger partial charge in [-0.2, -0.15) is 0 Å². The van der Waals surface area contributed by atoms with E-state index in [-0.39, 0.29) is 23.8 Å². The summed E-state index contributed by atoms with van der Waals surface area (Å²) < 4.78 is 0. The van der Waals surface area contributed by atoms with E-state index in [1.807, 2.05) is 29.2 Å². The maximum absolute atomic E-state index is 12.6. The van der Waals surface area contributed by atoms with Crippen LogP contribution in [0.15, 0.2) is 24.3 Å². The lowest BCUT2D eigenvalue weighted by Gasteiger charge is -2.34. The Bertz CT molecular complexity index is 689. The molecule has 1 aromatic carbocycles. The van der Waals surface area contributed by atoms with Gasteiger partial charge in [-0.15, -0.1) is 0 Å². The topological polar surface area (TPSA) is 69.7 Å². The molecule has 0 aliphatic carbocycles. The van der Waals surface area contributed by atoms with Gasteiger partial charge in [-0.05, 0) is 36.8 Å². The van der Waals surface area contributed by atoms with E-state index in [0.717, 1.165) is 43.4 Å². The van der Waals surface area contributed by atoms with Crippen LogP contribution in [0.5, 0.6) is 0 Å². The Morgan fingerprint density at radius 3 is 2.58 bits per heavy atom. The molecule has 6 nitrogen and oxygen atoms in total. The van der Waals surface area contributed by atoms with Gasteiger partial charge in [-0.3, -0.25) is 14.4 Å². The number of hydrogen-bond donors (Lipinski definition) is 1. The molecule has 1 N–H and O–H groups in total. The first kappa shape index (κ1) is 18.4. The van der Waals surface area contributed by atoms with Gasteiger partial charge in [0.05, 0.1) is 0 Å². The Kier molecular flexibility index (Phi) is 5.91. The van der Waals surface area contributed by atoms with Gasteiger partial charge in [0, 0.05) is 39.5 Å². The molecular formula is C20H27N3O3. The summed E-state index contributed by atoms with van der Waals surface area (Å²) in [6.45, 7) is 3.98. The molecule has 0 bridgehead atoms. The number of nitrogens with zero attached hydrogens (tertiary/aromatic N) is 2. The van der Waals surface area contributed by atoms with Crippen LogP contribution >= 0.6 is 0 Å². The minimum Gasteiger partial charge on any atom is -0.350 e. The van der Waals surface area contributed by atoms with E-state index in [9.17, 15) is 14.4 Å². The Hall–Kier alpha value is -2.37. The van der Waals surface area contributed by atoms with E-state index >= 15 is 0 Å². The van der Waals surface area contributed by atoms with Crippen molar-refractivity contribution in [2.24, 2.45) is 0 Å². The van der Waals surface area contributed by atoms with Gasteiger partial charge in [0.1, 0.15) is 6.04 Å². The van der Waals surface area contributed by atoms with E-state index in [1.54, 1.807) is 4.90 Å². The highest BCUT2D eigenvalue weighted by Crippen LogP contribution is 2.19. The first-order valence-electron chi connectivity index (χ1n) is 9.45. The average molecular weight is 357 g/mol. The molecule has 3 amide bonds. The number of rotatable bonds is 5. The lowest BCUT2D eigenvalue weighted by Crippen LogP contribution is -2.51. The van der Waals surface area contributed by atoms with Crippen LogP contribution in [0, 0.1) is 0 Å². The van der Waals surface area contributed by atoms with Crippen molar-refractivity contribution in [2.75, 3.05) is 13.1 Å². The van der Waals surface area contributed by atoms with Gasteiger partial charge < -0.3 is 15.1 Å². The van der Waals surface area contributed by atoms with Crippen molar-refractivity contribution in [1.29, 1.82) is 0 Å². The van der Waals surface area contributed by atoms with Gasteiger partial charge >= 0.3 is 0 Å². The number of nitrogens with one attached hydrogen (secondary N) is 1. The maximum atomic E-state index is 12.6. The summed E-state index contributed by atoms with van der Waals surface area (Å²) in [5, 5.41) is 2.99. The van der Waals surface area contributed by atoms with Crippen LogP contribution in [-0.4, -0.2) is 46.7 Å². The number of piperidine rings is 1. The van der Waals surface area contributed by atoms with Crippen molar-refractivity contribution >= 4 is 17.7 Å². The van der Waals surface area contributed by atoms with E-state index in [2.05, 4.69) is 5.32 Å². The van der Waals surface area contributed by atoms with Crippen molar-refractivity contribution in [3.63, 3.8) is 0 Å².